The molecule has 0 spiro atoms. The fourth-order valence-corrected chi connectivity index (χ4v) is 3.20. The van der Waals surface area contributed by atoms with Crippen molar-refractivity contribution < 1.29 is 4.39 Å². The Morgan fingerprint density at radius 3 is 2.42 bits per heavy atom. The molecule has 0 bridgehead atoms. The van der Waals surface area contributed by atoms with Crippen LogP contribution in [-0.4, -0.2) is 6.04 Å². The lowest BCUT2D eigenvalue weighted by molar-refractivity contribution is 0.372. The van der Waals surface area contributed by atoms with Crippen molar-refractivity contribution in [1.29, 1.82) is 0 Å². The minimum atomic E-state index is -0.174. The quantitative estimate of drug-likeness (QED) is 0.844. The highest BCUT2D eigenvalue weighted by Crippen LogP contribution is 2.41. The molecule has 1 nitrogen and oxygen atoms in total. The first-order chi connectivity index (χ1) is 9.24. The highest BCUT2D eigenvalue weighted by molar-refractivity contribution is 9.10. The van der Waals surface area contributed by atoms with Crippen LogP contribution in [0.4, 0.5) is 10.1 Å². The molecule has 0 atom stereocenters. The van der Waals surface area contributed by atoms with E-state index in [1.807, 2.05) is 12.1 Å². The van der Waals surface area contributed by atoms with E-state index in [0.717, 1.165) is 12.8 Å². The Morgan fingerprint density at radius 1 is 1.00 bits per heavy atom. The summed E-state index contributed by atoms with van der Waals surface area (Å²) in [6, 6.07) is 15.6. The maximum Gasteiger partial charge on any atom is 0.146 e. The zero-order valence-corrected chi connectivity index (χ0v) is 12.0. The van der Waals surface area contributed by atoms with Crippen LogP contribution in [0.25, 0.3) is 0 Å². The summed E-state index contributed by atoms with van der Waals surface area (Å²) in [5.41, 5.74) is 1.96. The van der Waals surface area contributed by atoms with Crippen molar-refractivity contribution in [3.05, 3.63) is 64.4 Å². The molecular formula is C16H15BrFN. The summed E-state index contributed by atoms with van der Waals surface area (Å²) in [6.07, 6.45) is 2.11. The fourth-order valence-electron chi connectivity index (χ4n) is 2.59. The summed E-state index contributed by atoms with van der Waals surface area (Å²) in [4.78, 5) is 0. The van der Waals surface area contributed by atoms with Crippen LogP contribution in [0.1, 0.15) is 24.3 Å². The Labute approximate surface area is 121 Å². The van der Waals surface area contributed by atoms with E-state index in [9.17, 15) is 4.39 Å². The van der Waals surface area contributed by atoms with Crippen molar-refractivity contribution in [2.45, 2.75) is 24.8 Å². The monoisotopic (exact) mass is 319 g/mol. The highest BCUT2D eigenvalue weighted by Gasteiger charge is 2.31. The van der Waals surface area contributed by atoms with E-state index in [1.165, 1.54) is 16.1 Å². The smallest absolute Gasteiger partial charge is 0.146 e. The molecule has 0 saturated heterocycles. The largest absolute Gasteiger partial charge is 0.380 e. The van der Waals surface area contributed by atoms with E-state index in [2.05, 4.69) is 39.4 Å². The van der Waals surface area contributed by atoms with Crippen LogP contribution in [0.3, 0.4) is 0 Å². The zero-order chi connectivity index (χ0) is 13.2. The average molecular weight is 320 g/mol. The molecule has 1 fully saturated rings. The average Bonchev–Trinajstić information content (AvgIpc) is 2.37. The molecule has 1 aliphatic carbocycles. The van der Waals surface area contributed by atoms with Gasteiger partial charge in [-0.3, -0.25) is 0 Å². The first-order valence-corrected chi connectivity index (χ1v) is 7.29. The summed E-state index contributed by atoms with van der Waals surface area (Å²) < 4.78 is 14.7. The Kier molecular flexibility index (Phi) is 3.56. The van der Waals surface area contributed by atoms with Crippen molar-refractivity contribution in [3.63, 3.8) is 0 Å². The molecule has 98 valence electrons. The second kappa shape index (κ2) is 5.33. The SMILES string of the molecule is Fc1ccccc1NC1CC(c2ccccc2Br)C1. The normalized spacial score (nSPS) is 21.8. The van der Waals surface area contributed by atoms with Crippen LogP contribution in [0.15, 0.2) is 53.0 Å². The van der Waals surface area contributed by atoms with Gasteiger partial charge < -0.3 is 5.32 Å². The molecule has 3 rings (SSSR count). The predicted molar refractivity (Wildman–Crippen MR) is 79.9 cm³/mol. The highest BCUT2D eigenvalue weighted by atomic mass is 79.9. The Morgan fingerprint density at radius 2 is 1.68 bits per heavy atom. The molecule has 1 N–H and O–H groups in total. The lowest BCUT2D eigenvalue weighted by Crippen LogP contribution is -2.34. The molecule has 2 aromatic rings. The van der Waals surface area contributed by atoms with Crippen molar-refractivity contribution >= 4 is 21.6 Å². The van der Waals surface area contributed by atoms with Gasteiger partial charge in [-0.2, -0.15) is 0 Å². The second-order valence-corrected chi connectivity index (χ2v) is 5.87. The summed E-state index contributed by atoms with van der Waals surface area (Å²) in [6.45, 7) is 0. The first-order valence-electron chi connectivity index (χ1n) is 6.49. The molecule has 1 saturated carbocycles. The minimum Gasteiger partial charge on any atom is -0.380 e. The molecule has 0 unspecified atom stereocenters. The molecule has 1 aliphatic rings. The number of nitrogens with one attached hydrogen (secondary N) is 1. The predicted octanol–water partition coefficient (Wildman–Crippen LogP) is 4.95. The molecular weight excluding hydrogens is 305 g/mol. The number of anilines is 1. The second-order valence-electron chi connectivity index (χ2n) is 5.01. The van der Waals surface area contributed by atoms with Crippen molar-refractivity contribution in [2.24, 2.45) is 0 Å². The summed E-state index contributed by atoms with van der Waals surface area (Å²) in [5.74, 6) is 0.395. The molecule has 2 aromatic carbocycles. The summed E-state index contributed by atoms with van der Waals surface area (Å²) in [7, 11) is 0. The van der Waals surface area contributed by atoms with Gasteiger partial charge in [0, 0.05) is 10.5 Å². The van der Waals surface area contributed by atoms with E-state index in [-0.39, 0.29) is 5.82 Å². The van der Waals surface area contributed by atoms with Crippen molar-refractivity contribution in [3.8, 4) is 0 Å². The Hall–Kier alpha value is -1.35. The molecule has 3 heteroatoms. The molecule has 19 heavy (non-hydrogen) atoms. The molecule has 0 heterocycles. The van der Waals surface area contributed by atoms with E-state index in [1.54, 1.807) is 12.1 Å². The van der Waals surface area contributed by atoms with Gasteiger partial charge >= 0.3 is 0 Å². The van der Waals surface area contributed by atoms with Gasteiger partial charge in [-0.15, -0.1) is 0 Å². The number of para-hydroxylation sites is 1. The van der Waals surface area contributed by atoms with Crippen LogP contribution in [0.5, 0.6) is 0 Å². The lowest BCUT2D eigenvalue weighted by atomic mass is 9.76. The summed E-state index contributed by atoms with van der Waals surface area (Å²) in [5, 5.41) is 3.28. The first kappa shape index (κ1) is 12.7. The van der Waals surface area contributed by atoms with Gasteiger partial charge in [0.25, 0.3) is 0 Å². The Bertz CT molecular complexity index is 578. The number of benzene rings is 2. The van der Waals surface area contributed by atoms with E-state index in [4.69, 9.17) is 0 Å². The van der Waals surface area contributed by atoms with Gasteiger partial charge in [0.05, 0.1) is 5.69 Å². The van der Waals surface area contributed by atoms with Crippen molar-refractivity contribution in [1.82, 2.24) is 0 Å². The van der Waals surface area contributed by atoms with Crippen LogP contribution in [-0.2, 0) is 0 Å². The van der Waals surface area contributed by atoms with Gasteiger partial charge in [0.15, 0.2) is 0 Å². The maximum atomic E-state index is 13.5. The van der Waals surface area contributed by atoms with Crippen LogP contribution in [0, 0.1) is 5.82 Å². The van der Waals surface area contributed by atoms with Gasteiger partial charge in [-0.25, -0.2) is 4.39 Å². The molecule has 0 aliphatic heterocycles. The third-order valence-electron chi connectivity index (χ3n) is 3.72. The fraction of sp³-hybridized carbons (Fsp3) is 0.250. The molecule has 0 amide bonds. The van der Waals surface area contributed by atoms with E-state index >= 15 is 0 Å². The lowest BCUT2D eigenvalue weighted by Gasteiger charge is -2.37. The van der Waals surface area contributed by atoms with Crippen LogP contribution >= 0.6 is 15.9 Å². The summed E-state index contributed by atoms with van der Waals surface area (Å²) >= 11 is 3.59. The number of rotatable bonds is 3. The Balaban J connectivity index is 1.62. The van der Waals surface area contributed by atoms with Gasteiger partial charge in [0.1, 0.15) is 5.82 Å². The van der Waals surface area contributed by atoms with E-state index in [0.29, 0.717) is 17.6 Å². The van der Waals surface area contributed by atoms with Gasteiger partial charge in [-0.1, -0.05) is 46.3 Å². The van der Waals surface area contributed by atoms with Gasteiger partial charge in [-0.05, 0) is 42.5 Å². The van der Waals surface area contributed by atoms with Crippen LogP contribution < -0.4 is 5.32 Å². The standard InChI is InChI=1S/C16H15BrFN/c17-14-6-2-1-5-13(14)11-9-12(10-11)19-16-8-4-3-7-15(16)18/h1-8,11-12,19H,9-10H2. The number of halogens is 2. The number of hydrogen-bond acceptors (Lipinski definition) is 1. The third kappa shape index (κ3) is 2.66. The third-order valence-corrected chi connectivity index (χ3v) is 4.44. The molecule has 0 aromatic heterocycles. The zero-order valence-electron chi connectivity index (χ0n) is 10.4. The topological polar surface area (TPSA) is 12.0 Å². The van der Waals surface area contributed by atoms with Crippen LogP contribution in [0.2, 0.25) is 0 Å². The van der Waals surface area contributed by atoms with Gasteiger partial charge in [0.2, 0.25) is 0 Å². The van der Waals surface area contributed by atoms with Crippen molar-refractivity contribution in [2.75, 3.05) is 5.32 Å². The maximum absolute atomic E-state index is 13.5. The molecule has 0 radical (unpaired) electrons. The number of hydrogen-bond donors (Lipinski definition) is 1. The minimum absolute atomic E-state index is 0.174. The van der Waals surface area contributed by atoms with E-state index < -0.39 is 0 Å².